The molecule has 1 aliphatic rings. The molecule has 0 bridgehead atoms. The quantitative estimate of drug-likeness (QED) is 0.261. The number of aromatic nitrogens is 4. The van der Waals surface area contributed by atoms with Crippen molar-refractivity contribution in [2.75, 3.05) is 0 Å². The molecule has 0 N–H and O–H groups in total. The van der Waals surface area contributed by atoms with Crippen molar-refractivity contribution < 1.29 is 14.3 Å². The van der Waals surface area contributed by atoms with Gasteiger partial charge in [0.2, 0.25) is 0 Å². The molecule has 1 unspecified atom stereocenters. The van der Waals surface area contributed by atoms with Crippen LogP contribution in [0.4, 0.5) is 0 Å². The van der Waals surface area contributed by atoms with E-state index in [0.717, 1.165) is 26.9 Å². The van der Waals surface area contributed by atoms with Crippen molar-refractivity contribution in [1.82, 2.24) is 19.4 Å². The Morgan fingerprint density at radius 1 is 0.878 bits per heavy atom. The minimum absolute atomic E-state index is 0.0511. The lowest BCUT2D eigenvalue weighted by Crippen LogP contribution is -2.31. The standard InChI is InChI=1S/C33H26N4O4/c38-26-15-9-14-25(21-26)29(20-23-10-3-1-4-11-23)41-31(40)22-37-30(39)18-17-27(34-37)32-28-16-7-8-19-36(28)35-33(32)24-12-5-2-6-13-24/h1-19,29H,20-22H2. The summed E-state index contributed by atoms with van der Waals surface area (Å²) in [5.74, 6) is -0.673. The molecular formula is C33H26N4O4. The third-order valence-corrected chi connectivity index (χ3v) is 6.91. The van der Waals surface area contributed by atoms with Gasteiger partial charge in [0.15, 0.2) is 5.78 Å². The summed E-state index contributed by atoms with van der Waals surface area (Å²) in [5, 5.41) is 9.34. The second kappa shape index (κ2) is 11.4. The van der Waals surface area contributed by atoms with Gasteiger partial charge in [0.25, 0.3) is 5.56 Å². The molecular weight excluding hydrogens is 516 g/mol. The predicted octanol–water partition coefficient (Wildman–Crippen LogP) is 4.83. The summed E-state index contributed by atoms with van der Waals surface area (Å²) in [5.41, 5.74) is 4.92. The zero-order valence-electron chi connectivity index (χ0n) is 22.1. The molecule has 0 amide bonds. The average molecular weight is 543 g/mol. The van der Waals surface area contributed by atoms with Crippen molar-refractivity contribution >= 4 is 17.3 Å². The molecule has 8 heteroatoms. The van der Waals surface area contributed by atoms with Crippen molar-refractivity contribution in [3.8, 4) is 22.5 Å². The minimum Gasteiger partial charge on any atom is -0.456 e. The normalized spacial score (nSPS) is 13.7. The molecule has 0 saturated heterocycles. The maximum absolute atomic E-state index is 13.2. The number of pyridine rings is 1. The summed E-state index contributed by atoms with van der Waals surface area (Å²) in [6.45, 7) is -0.380. The summed E-state index contributed by atoms with van der Waals surface area (Å²) in [4.78, 5) is 38.1. The van der Waals surface area contributed by atoms with E-state index in [1.54, 1.807) is 16.7 Å². The monoisotopic (exact) mass is 542 g/mol. The van der Waals surface area contributed by atoms with E-state index in [1.807, 2.05) is 91.1 Å². The molecule has 0 saturated carbocycles. The molecule has 5 aromatic rings. The molecule has 202 valence electrons. The number of carbonyl (C=O) groups excluding carboxylic acids is 2. The number of fused-ring (bicyclic) bond motifs is 1. The van der Waals surface area contributed by atoms with Crippen LogP contribution < -0.4 is 5.56 Å². The molecule has 1 aliphatic carbocycles. The van der Waals surface area contributed by atoms with Crippen LogP contribution in [0, 0.1) is 0 Å². The summed E-state index contributed by atoms with van der Waals surface area (Å²) in [7, 11) is 0. The number of esters is 1. The first-order valence-corrected chi connectivity index (χ1v) is 13.3. The lowest BCUT2D eigenvalue weighted by molar-refractivity contribution is -0.148. The van der Waals surface area contributed by atoms with Crippen LogP contribution in [0.5, 0.6) is 0 Å². The maximum Gasteiger partial charge on any atom is 0.328 e. The Kier molecular flexibility index (Phi) is 7.19. The van der Waals surface area contributed by atoms with E-state index in [4.69, 9.17) is 9.84 Å². The number of hydrogen-bond acceptors (Lipinski definition) is 6. The number of ether oxygens (including phenoxy) is 1. The molecule has 6 rings (SSSR count). The van der Waals surface area contributed by atoms with Crippen LogP contribution in [-0.2, 0) is 27.3 Å². The number of rotatable bonds is 8. The minimum atomic E-state index is -0.651. The van der Waals surface area contributed by atoms with Gasteiger partial charge in [-0.1, -0.05) is 78.9 Å². The van der Waals surface area contributed by atoms with Gasteiger partial charge in [0, 0.05) is 30.7 Å². The second-order valence-corrected chi connectivity index (χ2v) is 9.75. The number of hydrogen-bond donors (Lipinski definition) is 0. The van der Waals surface area contributed by atoms with E-state index >= 15 is 0 Å². The van der Waals surface area contributed by atoms with Gasteiger partial charge in [-0.2, -0.15) is 10.2 Å². The summed E-state index contributed by atoms with van der Waals surface area (Å²) >= 11 is 0. The molecule has 3 heterocycles. The van der Waals surface area contributed by atoms with Crippen LogP contribution in [0.3, 0.4) is 0 Å². The van der Waals surface area contributed by atoms with E-state index in [0.29, 0.717) is 23.4 Å². The highest BCUT2D eigenvalue weighted by atomic mass is 16.5. The Morgan fingerprint density at radius 3 is 2.41 bits per heavy atom. The fourth-order valence-corrected chi connectivity index (χ4v) is 4.96. The lowest BCUT2D eigenvalue weighted by atomic mass is 9.94. The highest BCUT2D eigenvalue weighted by Crippen LogP contribution is 2.33. The SMILES string of the molecule is O=C1C=CC=C(C(Cc2ccccc2)OC(=O)Cn2nc(-c3c(-c4ccccc4)nn4ccccc34)ccc2=O)C1. The van der Waals surface area contributed by atoms with Gasteiger partial charge in [0.05, 0.1) is 16.8 Å². The molecule has 1 atom stereocenters. The third kappa shape index (κ3) is 5.67. The van der Waals surface area contributed by atoms with Gasteiger partial charge in [-0.25, -0.2) is 9.20 Å². The number of benzene rings is 2. The van der Waals surface area contributed by atoms with Crippen molar-refractivity contribution in [2.24, 2.45) is 0 Å². The molecule has 3 aromatic heterocycles. The first kappa shape index (κ1) is 25.9. The third-order valence-electron chi connectivity index (χ3n) is 6.91. The van der Waals surface area contributed by atoms with Crippen LogP contribution in [0.25, 0.3) is 28.0 Å². The van der Waals surface area contributed by atoms with Gasteiger partial charge in [-0.3, -0.25) is 14.4 Å². The molecule has 41 heavy (non-hydrogen) atoms. The van der Waals surface area contributed by atoms with Crippen LogP contribution in [-0.4, -0.2) is 37.3 Å². The molecule has 0 aliphatic heterocycles. The van der Waals surface area contributed by atoms with Crippen molar-refractivity contribution in [2.45, 2.75) is 25.5 Å². The predicted molar refractivity (Wildman–Crippen MR) is 155 cm³/mol. The number of allylic oxidation sites excluding steroid dienone is 3. The molecule has 2 aromatic carbocycles. The Hall–Kier alpha value is -5.37. The molecule has 0 radical (unpaired) electrons. The van der Waals surface area contributed by atoms with Crippen LogP contribution in [0.1, 0.15) is 12.0 Å². The Morgan fingerprint density at radius 2 is 1.63 bits per heavy atom. The average Bonchev–Trinajstić information content (AvgIpc) is 3.39. The second-order valence-electron chi connectivity index (χ2n) is 9.75. The van der Waals surface area contributed by atoms with Gasteiger partial charge in [-0.15, -0.1) is 0 Å². The van der Waals surface area contributed by atoms with Crippen molar-refractivity contribution in [3.63, 3.8) is 0 Å². The number of ketones is 1. The zero-order valence-corrected chi connectivity index (χ0v) is 22.1. The highest BCUT2D eigenvalue weighted by molar-refractivity contribution is 5.93. The van der Waals surface area contributed by atoms with E-state index in [1.165, 1.54) is 12.1 Å². The molecule has 8 nitrogen and oxygen atoms in total. The lowest BCUT2D eigenvalue weighted by Gasteiger charge is -2.22. The number of carbonyl (C=O) groups is 2. The summed E-state index contributed by atoms with van der Waals surface area (Å²) in [6, 6.07) is 28.1. The van der Waals surface area contributed by atoms with Crippen LogP contribution in [0.2, 0.25) is 0 Å². The smallest absolute Gasteiger partial charge is 0.328 e. The fraction of sp³-hybridized carbons (Fsp3) is 0.121. The van der Waals surface area contributed by atoms with Gasteiger partial charge in [0.1, 0.15) is 18.3 Å². The fourth-order valence-electron chi connectivity index (χ4n) is 4.96. The molecule has 0 fully saturated rings. The van der Waals surface area contributed by atoms with Gasteiger partial charge < -0.3 is 4.74 Å². The van der Waals surface area contributed by atoms with Crippen molar-refractivity contribution in [1.29, 1.82) is 0 Å². The van der Waals surface area contributed by atoms with Gasteiger partial charge >= 0.3 is 5.97 Å². The summed E-state index contributed by atoms with van der Waals surface area (Å²) in [6.07, 6.45) is 6.76. The Labute approximate surface area is 235 Å². The highest BCUT2D eigenvalue weighted by Gasteiger charge is 2.24. The van der Waals surface area contributed by atoms with E-state index in [2.05, 4.69) is 5.10 Å². The maximum atomic E-state index is 13.2. The Bertz CT molecular complexity index is 1850. The van der Waals surface area contributed by atoms with E-state index in [-0.39, 0.29) is 18.7 Å². The van der Waals surface area contributed by atoms with Gasteiger partial charge in [-0.05, 0) is 35.4 Å². The number of nitrogens with zero attached hydrogens (tertiary/aromatic N) is 4. The topological polar surface area (TPSA) is 95.6 Å². The molecule has 0 spiro atoms. The largest absolute Gasteiger partial charge is 0.456 e. The van der Waals surface area contributed by atoms with Crippen LogP contribution in [0.15, 0.2) is 126 Å². The van der Waals surface area contributed by atoms with E-state index in [9.17, 15) is 14.4 Å². The van der Waals surface area contributed by atoms with Crippen LogP contribution >= 0.6 is 0 Å². The van der Waals surface area contributed by atoms with Crippen molar-refractivity contribution in [3.05, 3.63) is 137 Å². The van der Waals surface area contributed by atoms with E-state index < -0.39 is 17.6 Å². The Balaban J connectivity index is 1.31. The first-order chi connectivity index (χ1) is 20.0. The zero-order chi connectivity index (χ0) is 28.2. The first-order valence-electron chi connectivity index (χ1n) is 13.3. The summed E-state index contributed by atoms with van der Waals surface area (Å²) < 4.78 is 8.76.